The molecule has 0 radical (unpaired) electrons. The highest BCUT2D eigenvalue weighted by molar-refractivity contribution is 7.39. The summed E-state index contributed by atoms with van der Waals surface area (Å²) in [5.41, 5.74) is 5.18. The van der Waals surface area contributed by atoms with Crippen molar-refractivity contribution in [2.75, 3.05) is 6.61 Å². The van der Waals surface area contributed by atoms with Gasteiger partial charge in [0.2, 0.25) is 0 Å². The first-order valence-corrected chi connectivity index (χ1v) is 5.41. The van der Waals surface area contributed by atoms with Gasteiger partial charge in [0.15, 0.2) is 0 Å². The lowest BCUT2D eigenvalue weighted by molar-refractivity contribution is 0.144. The maximum Gasteiger partial charge on any atom is 0.328 e. The van der Waals surface area contributed by atoms with Crippen LogP contribution in [0.15, 0.2) is 0 Å². The first kappa shape index (κ1) is 12.4. The quantitative estimate of drug-likeness (QED) is 0.343. The molecule has 0 spiro atoms. The molecular weight excluding hydrogens is 208 g/mol. The zero-order valence-corrected chi connectivity index (χ0v) is 7.98. The molecule has 74 valence electrons. The third kappa shape index (κ3) is 8.52. The lowest BCUT2D eigenvalue weighted by Gasteiger charge is -2.11. The highest BCUT2D eigenvalue weighted by Gasteiger charge is 2.08. The summed E-state index contributed by atoms with van der Waals surface area (Å²) in [6.07, 6.45) is -0.774. The maximum atomic E-state index is 9.99. The van der Waals surface area contributed by atoms with E-state index in [4.69, 9.17) is 20.4 Å². The molecule has 0 aromatic carbocycles. The Bertz CT molecular complexity index is 143. The molecular formula is C3H11NO6P2. The average Bonchev–Trinajstić information content (AvgIpc) is 1.84. The van der Waals surface area contributed by atoms with Crippen molar-refractivity contribution in [3.8, 4) is 0 Å². The fourth-order valence-corrected chi connectivity index (χ4v) is 1.08. The minimum absolute atomic E-state index is 0.0569. The van der Waals surface area contributed by atoms with E-state index in [-0.39, 0.29) is 13.0 Å². The van der Waals surface area contributed by atoms with Gasteiger partial charge in [-0.05, 0) is 0 Å². The second-order valence-corrected chi connectivity index (χ2v) is 3.34. The van der Waals surface area contributed by atoms with Crippen LogP contribution in [0.4, 0.5) is 0 Å². The van der Waals surface area contributed by atoms with E-state index in [0.717, 1.165) is 0 Å². The summed E-state index contributed by atoms with van der Waals surface area (Å²) in [4.78, 5) is 24.8. The van der Waals surface area contributed by atoms with Gasteiger partial charge in [-0.25, -0.2) is 0 Å². The lowest BCUT2D eigenvalue weighted by Crippen LogP contribution is -2.23. The first-order valence-electron chi connectivity index (χ1n) is 2.98. The number of hydrogen-bond donors (Lipinski definition) is 4. The summed E-state index contributed by atoms with van der Waals surface area (Å²) in [7, 11) is -5.42. The van der Waals surface area contributed by atoms with Gasteiger partial charge in [-0.2, -0.15) is 0 Å². The molecule has 0 aliphatic rings. The zero-order valence-electron chi connectivity index (χ0n) is 6.08. The van der Waals surface area contributed by atoms with Crippen molar-refractivity contribution < 1.29 is 28.3 Å². The van der Waals surface area contributed by atoms with Crippen LogP contribution in [0.1, 0.15) is 6.42 Å². The summed E-state index contributed by atoms with van der Waals surface area (Å²) in [6.45, 7) is -0.0569. The molecule has 0 bridgehead atoms. The number of rotatable bonds is 6. The molecule has 2 unspecified atom stereocenters. The summed E-state index contributed by atoms with van der Waals surface area (Å²) in [5.74, 6) is 0. The minimum atomic E-state index is -2.94. The van der Waals surface area contributed by atoms with E-state index < -0.39 is 23.1 Å². The molecule has 5 N–H and O–H groups in total. The molecule has 0 saturated carbocycles. The van der Waals surface area contributed by atoms with Gasteiger partial charge < -0.3 is 24.9 Å². The lowest BCUT2D eigenvalue weighted by atomic mass is 10.4. The second-order valence-electron chi connectivity index (χ2n) is 1.80. The van der Waals surface area contributed by atoms with E-state index in [2.05, 4.69) is 9.05 Å². The normalized spacial score (nSPS) is 16.4. The number of nitrogens with two attached hydrogens (primary N) is 1. The summed E-state index contributed by atoms with van der Waals surface area (Å²) in [6, 6.07) is 0. The van der Waals surface area contributed by atoms with Gasteiger partial charge in [-0.1, -0.05) is 0 Å². The predicted octanol–water partition coefficient (Wildman–Crippen LogP) is -0.712. The smallest absolute Gasteiger partial charge is 0.328 e. The molecule has 7 nitrogen and oxygen atoms in total. The fraction of sp³-hybridized carbons (Fsp3) is 1.00. The largest absolute Gasteiger partial charge is 0.328 e. The van der Waals surface area contributed by atoms with Gasteiger partial charge in [0.25, 0.3) is 0 Å². The van der Waals surface area contributed by atoms with Gasteiger partial charge in [0.1, 0.15) is 6.23 Å². The van der Waals surface area contributed by atoms with Crippen LogP contribution in [0.2, 0.25) is 0 Å². The van der Waals surface area contributed by atoms with E-state index in [9.17, 15) is 4.57 Å². The predicted molar refractivity (Wildman–Crippen MR) is 42.2 cm³/mol. The van der Waals surface area contributed by atoms with Crippen LogP contribution in [0.5, 0.6) is 0 Å². The Balaban J connectivity index is 3.31. The van der Waals surface area contributed by atoms with Crippen molar-refractivity contribution >= 4 is 16.9 Å². The Kier molecular flexibility index (Phi) is 7.13. The Hall–Kier alpha value is 0.420. The van der Waals surface area contributed by atoms with Gasteiger partial charge in [-0.15, -0.1) is 0 Å². The fourth-order valence-electron chi connectivity index (χ4n) is 0.436. The number of hydrogen-bond acceptors (Lipinski definition) is 6. The molecule has 0 rings (SSSR count). The van der Waals surface area contributed by atoms with Crippen molar-refractivity contribution in [3.05, 3.63) is 0 Å². The van der Waals surface area contributed by atoms with Crippen molar-refractivity contribution in [1.82, 2.24) is 0 Å². The van der Waals surface area contributed by atoms with Gasteiger partial charge in [0.05, 0.1) is 6.61 Å². The van der Waals surface area contributed by atoms with Crippen LogP contribution in [-0.4, -0.2) is 27.5 Å². The summed E-state index contributed by atoms with van der Waals surface area (Å²) in [5, 5.41) is 0. The van der Waals surface area contributed by atoms with Crippen molar-refractivity contribution in [2.45, 2.75) is 12.6 Å². The van der Waals surface area contributed by atoms with Crippen LogP contribution < -0.4 is 5.73 Å². The Morgan fingerprint density at radius 2 is 2.17 bits per heavy atom. The van der Waals surface area contributed by atoms with E-state index in [1.165, 1.54) is 0 Å². The molecule has 2 atom stereocenters. The summed E-state index contributed by atoms with van der Waals surface area (Å²) >= 11 is 0. The molecule has 0 heterocycles. The molecule has 0 aromatic rings. The average molecular weight is 219 g/mol. The SMILES string of the molecule is NC(CCO[PH](=O)O)OP(O)O. The molecule has 0 aliphatic carbocycles. The molecule has 0 amide bonds. The van der Waals surface area contributed by atoms with Crippen LogP contribution >= 0.6 is 16.9 Å². The van der Waals surface area contributed by atoms with Crippen LogP contribution in [0, 0.1) is 0 Å². The van der Waals surface area contributed by atoms with Gasteiger partial charge in [0, 0.05) is 6.42 Å². The Labute approximate surface area is 71.1 Å². The van der Waals surface area contributed by atoms with Crippen LogP contribution in [0.3, 0.4) is 0 Å². The monoisotopic (exact) mass is 219 g/mol. The molecule has 0 aromatic heterocycles. The van der Waals surface area contributed by atoms with E-state index in [1.807, 2.05) is 0 Å². The maximum absolute atomic E-state index is 9.99. The van der Waals surface area contributed by atoms with E-state index >= 15 is 0 Å². The third-order valence-corrected chi connectivity index (χ3v) is 1.77. The van der Waals surface area contributed by atoms with Crippen molar-refractivity contribution in [2.24, 2.45) is 5.73 Å². The zero-order chi connectivity index (χ0) is 9.56. The van der Waals surface area contributed by atoms with Gasteiger partial charge in [-0.3, -0.25) is 9.09 Å². The Morgan fingerprint density at radius 1 is 1.58 bits per heavy atom. The molecule has 12 heavy (non-hydrogen) atoms. The molecule has 0 saturated heterocycles. The van der Waals surface area contributed by atoms with Crippen LogP contribution in [-0.2, 0) is 13.6 Å². The molecule has 0 aliphatic heterocycles. The van der Waals surface area contributed by atoms with Crippen molar-refractivity contribution in [1.29, 1.82) is 0 Å². The highest BCUT2D eigenvalue weighted by atomic mass is 31.2. The van der Waals surface area contributed by atoms with Crippen LogP contribution in [0.25, 0.3) is 0 Å². The molecule has 0 fully saturated rings. The first-order chi connectivity index (χ1) is 5.52. The minimum Gasteiger partial charge on any atom is -0.328 e. The topological polar surface area (TPSA) is 122 Å². The molecule has 9 heteroatoms. The Morgan fingerprint density at radius 3 is 2.58 bits per heavy atom. The van der Waals surface area contributed by atoms with Gasteiger partial charge >= 0.3 is 16.9 Å². The summed E-state index contributed by atoms with van der Waals surface area (Å²) < 4.78 is 18.6. The third-order valence-electron chi connectivity index (χ3n) is 0.858. The second kappa shape index (κ2) is 6.88. The standard InChI is InChI=1S/C3H11NO6P2/c4-3(10-12(7)8)1-2-9-11(5)6/h3,7-8,11H,1-2,4H2,(H,5,6). The van der Waals surface area contributed by atoms with E-state index in [1.54, 1.807) is 0 Å². The van der Waals surface area contributed by atoms with Crippen molar-refractivity contribution in [3.63, 3.8) is 0 Å². The highest BCUT2D eigenvalue weighted by Crippen LogP contribution is 2.26. The van der Waals surface area contributed by atoms with E-state index in [0.29, 0.717) is 0 Å².